The van der Waals surface area contributed by atoms with Crippen LogP contribution in [-0.4, -0.2) is 54.0 Å². The number of nitrogens with one attached hydrogen (secondary N) is 3. The molecule has 1 saturated heterocycles. The molecule has 0 saturated carbocycles. The number of Topliss-reactive ketones (excluding diaryl/α,β-unsaturated/α-hetero) is 1. The fraction of sp³-hybridized carbons (Fsp3) is 0.448. The van der Waals surface area contributed by atoms with Gasteiger partial charge in [0.15, 0.2) is 5.78 Å². The van der Waals surface area contributed by atoms with Crippen LogP contribution in [0, 0.1) is 5.92 Å². The van der Waals surface area contributed by atoms with Crippen LogP contribution in [0.2, 0.25) is 0 Å². The molecule has 2 aromatic carbocycles. The van der Waals surface area contributed by atoms with Crippen LogP contribution in [0.5, 0.6) is 0 Å². The summed E-state index contributed by atoms with van der Waals surface area (Å²) in [4.78, 5) is 51.6. The molecule has 0 bridgehead atoms. The van der Waals surface area contributed by atoms with Gasteiger partial charge in [0, 0.05) is 6.42 Å². The lowest BCUT2D eigenvalue weighted by Gasteiger charge is -2.26. The standard InChI is InChI=1S/C29H37N3O6/c1-19(2)15-23(25(33)29(4)18-38-29)31-27(35)24(16-21-11-7-5-8-12-21)32-26(34)20(3)30-28(36)37-17-22-13-9-6-10-14-22/h5-14,19-20,23-24H,15-18H2,1-4H3,(H,30,36)(H,31,35)(H,32,34)/t20?,23?,24-,29?/m0/s1. The number of carbonyl (C=O) groups is 4. The van der Waals surface area contributed by atoms with Crippen LogP contribution in [0.4, 0.5) is 4.79 Å². The average Bonchev–Trinajstić information content (AvgIpc) is 3.65. The topological polar surface area (TPSA) is 126 Å². The van der Waals surface area contributed by atoms with Gasteiger partial charge >= 0.3 is 6.09 Å². The molecular weight excluding hydrogens is 486 g/mol. The molecule has 4 atom stereocenters. The quantitative estimate of drug-likeness (QED) is 0.347. The van der Waals surface area contributed by atoms with Crippen molar-refractivity contribution in [3.63, 3.8) is 0 Å². The highest BCUT2D eigenvalue weighted by atomic mass is 16.6. The number of benzene rings is 2. The number of carbonyl (C=O) groups excluding carboxylic acids is 4. The van der Waals surface area contributed by atoms with Gasteiger partial charge < -0.3 is 25.4 Å². The van der Waals surface area contributed by atoms with E-state index in [9.17, 15) is 19.2 Å². The van der Waals surface area contributed by atoms with Crippen LogP contribution in [0.15, 0.2) is 60.7 Å². The first kappa shape index (κ1) is 28.8. The van der Waals surface area contributed by atoms with E-state index in [-0.39, 0.29) is 24.7 Å². The number of epoxide rings is 1. The number of ketones is 1. The van der Waals surface area contributed by atoms with Crippen molar-refractivity contribution in [2.24, 2.45) is 5.92 Å². The van der Waals surface area contributed by atoms with Crippen LogP contribution < -0.4 is 16.0 Å². The molecule has 3 rings (SSSR count). The van der Waals surface area contributed by atoms with Crippen LogP contribution in [0.25, 0.3) is 0 Å². The van der Waals surface area contributed by atoms with Crippen LogP contribution in [-0.2, 0) is 36.9 Å². The molecule has 3 amide bonds. The monoisotopic (exact) mass is 523 g/mol. The van der Waals surface area contributed by atoms with Crippen LogP contribution >= 0.6 is 0 Å². The van der Waals surface area contributed by atoms with Gasteiger partial charge in [-0.05, 0) is 37.3 Å². The van der Waals surface area contributed by atoms with Crippen molar-refractivity contribution >= 4 is 23.7 Å². The largest absolute Gasteiger partial charge is 0.445 e. The second-order valence-electron chi connectivity index (χ2n) is 10.3. The smallest absolute Gasteiger partial charge is 0.408 e. The summed E-state index contributed by atoms with van der Waals surface area (Å²) in [5, 5.41) is 8.07. The number of hydrogen-bond donors (Lipinski definition) is 3. The number of hydrogen-bond acceptors (Lipinski definition) is 6. The summed E-state index contributed by atoms with van der Waals surface area (Å²) in [6, 6.07) is 15.8. The second-order valence-corrected chi connectivity index (χ2v) is 10.3. The minimum absolute atomic E-state index is 0.0634. The van der Waals surface area contributed by atoms with Gasteiger partial charge in [-0.3, -0.25) is 14.4 Å². The molecule has 1 heterocycles. The molecule has 3 unspecified atom stereocenters. The maximum Gasteiger partial charge on any atom is 0.408 e. The highest BCUT2D eigenvalue weighted by molar-refractivity contribution is 5.98. The lowest BCUT2D eigenvalue weighted by Crippen LogP contribution is -2.57. The predicted octanol–water partition coefficient (Wildman–Crippen LogP) is 2.92. The Morgan fingerprint density at radius 3 is 1.95 bits per heavy atom. The summed E-state index contributed by atoms with van der Waals surface area (Å²) in [5.74, 6) is -1.06. The third-order valence-electron chi connectivity index (χ3n) is 6.29. The first-order chi connectivity index (χ1) is 18.1. The fourth-order valence-electron chi connectivity index (χ4n) is 3.96. The van der Waals surface area contributed by atoms with Gasteiger partial charge in [0.05, 0.1) is 12.6 Å². The second kappa shape index (κ2) is 13.2. The summed E-state index contributed by atoms with van der Waals surface area (Å²) < 4.78 is 10.5. The molecule has 2 aromatic rings. The number of rotatable bonds is 13. The molecule has 0 aliphatic carbocycles. The van der Waals surface area contributed by atoms with E-state index in [0.29, 0.717) is 13.0 Å². The van der Waals surface area contributed by atoms with Gasteiger partial charge in [-0.1, -0.05) is 74.5 Å². The molecular formula is C29H37N3O6. The minimum atomic E-state index is -0.968. The van der Waals surface area contributed by atoms with Crippen molar-refractivity contribution < 1.29 is 28.7 Å². The Balaban J connectivity index is 1.65. The van der Waals surface area contributed by atoms with Gasteiger partial charge in [-0.2, -0.15) is 0 Å². The summed E-state index contributed by atoms with van der Waals surface area (Å²) in [6.07, 6.45) is -0.0958. The van der Waals surface area contributed by atoms with Gasteiger partial charge in [0.2, 0.25) is 11.8 Å². The Kier molecular flexibility index (Phi) is 10.0. The summed E-state index contributed by atoms with van der Waals surface area (Å²) in [5.41, 5.74) is 0.763. The normalized spacial score (nSPS) is 18.6. The molecule has 9 heteroatoms. The van der Waals surface area contributed by atoms with Crippen LogP contribution in [0.1, 0.15) is 45.2 Å². The highest BCUT2D eigenvalue weighted by Gasteiger charge is 2.50. The Morgan fingerprint density at radius 2 is 1.39 bits per heavy atom. The van der Waals surface area contributed by atoms with E-state index in [1.165, 1.54) is 6.92 Å². The number of alkyl carbamates (subject to hydrolysis) is 1. The maximum absolute atomic E-state index is 13.4. The Labute approximate surface area is 223 Å². The van der Waals surface area contributed by atoms with E-state index in [2.05, 4.69) is 16.0 Å². The summed E-state index contributed by atoms with van der Waals surface area (Å²) >= 11 is 0. The minimum Gasteiger partial charge on any atom is -0.445 e. The zero-order valence-electron chi connectivity index (χ0n) is 22.4. The van der Waals surface area contributed by atoms with Crippen molar-refractivity contribution in [3.05, 3.63) is 71.8 Å². The lowest BCUT2D eigenvalue weighted by atomic mass is 9.93. The van der Waals surface area contributed by atoms with E-state index >= 15 is 0 Å². The van der Waals surface area contributed by atoms with E-state index in [1.54, 1.807) is 6.92 Å². The van der Waals surface area contributed by atoms with Gasteiger partial charge in [0.1, 0.15) is 24.3 Å². The molecule has 0 radical (unpaired) electrons. The Morgan fingerprint density at radius 1 is 0.842 bits per heavy atom. The third kappa shape index (κ3) is 8.69. The fourth-order valence-corrected chi connectivity index (χ4v) is 3.96. The molecule has 1 aliphatic heterocycles. The first-order valence-electron chi connectivity index (χ1n) is 12.9. The lowest BCUT2D eigenvalue weighted by molar-refractivity contribution is -0.133. The molecule has 3 N–H and O–H groups in total. The van der Waals surface area contributed by atoms with Crippen molar-refractivity contribution in [3.8, 4) is 0 Å². The zero-order chi connectivity index (χ0) is 27.7. The summed E-state index contributed by atoms with van der Waals surface area (Å²) in [6.45, 7) is 7.54. The van der Waals surface area contributed by atoms with Gasteiger partial charge in [0.25, 0.3) is 0 Å². The Hall–Kier alpha value is -3.72. The molecule has 38 heavy (non-hydrogen) atoms. The molecule has 0 spiro atoms. The first-order valence-corrected chi connectivity index (χ1v) is 12.9. The summed E-state index contributed by atoms with van der Waals surface area (Å²) in [7, 11) is 0. The van der Waals surface area contributed by atoms with Crippen molar-refractivity contribution in [1.82, 2.24) is 16.0 Å². The molecule has 204 valence electrons. The Bertz CT molecular complexity index is 1100. The zero-order valence-corrected chi connectivity index (χ0v) is 22.4. The number of amides is 3. The SMILES string of the molecule is CC(C)CC(NC(=O)[C@H](Cc1ccccc1)NC(=O)C(C)NC(=O)OCc1ccccc1)C(=O)C1(C)CO1. The van der Waals surface area contributed by atoms with Crippen LogP contribution in [0.3, 0.4) is 0 Å². The highest BCUT2D eigenvalue weighted by Crippen LogP contribution is 2.29. The van der Waals surface area contributed by atoms with Gasteiger partial charge in [-0.25, -0.2) is 4.79 Å². The maximum atomic E-state index is 13.4. The molecule has 0 aromatic heterocycles. The van der Waals surface area contributed by atoms with E-state index < -0.39 is 41.6 Å². The third-order valence-corrected chi connectivity index (χ3v) is 6.29. The van der Waals surface area contributed by atoms with Crippen molar-refractivity contribution in [2.75, 3.05) is 6.61 Å². The average molecular weight is 524 g/mol. The van der Waals surface area contributed by atoms with E-state index in [1.807, 2.05) is 74.5 Å². The van der Waals surface area contributed by atoms with E-state index in [4.69, 9.17) is 9.47 Å². The van der Waals surface area contributed by atoms with Gasteiger partial charge in [-0.15, -0.1) is 0 Å². The van der Waals surface area contributed by atoms with Crippen molar-refractivity contribution in [2.45, 2.75) is 70.9 Å². The molecule has 1 aliphatic rings. The van der Waals surface area contributed by atoms with E-state index in [0.717, 1.165) is 11.1 Å². The molecule has 9 nitrogen and oxygen atoms in total. The number of ether oxygens (including phenoxy) is 2. The predicted molar refractivity (Wildman–Crippen MR) is 142 cm³/mol. The van der Waals surface area contributed by atoms with Crippen molar-refractivity contribution in [1.29, 1.82) is 0 Å². The molecule has 1 fully saturated rings.